The van der Waals surface area contributed by atoms with Crippen molar-refractivity contribution in [2.45, 2.75) is 37.5 Å². The Morgan fingerprint density at radius 3 is 1.82 bits per heavy atom. The second-order valence-corrected chi connectivity index (χ2v) is 7.00. The minimum atomic E-state index is -0.720. The van der Waals surface area contributed by atoms with Gasteiger partial charge in [-0.2, -0.15) is 0 Å². The zero-order valence-corrected chi connectivity index (χ0v) is 9.60. The summed E-state index contributed by atoms with van der Waals surface area (Å²) >= 11 is 2.27. The predicted molar refractivity (Wildman–Crippen MR) is 54.1 cm³/mol. The molecule has 0 saturated carbocycles. The van der Waals surface area contributed by atoms with E-state index < -0.39 is 11.4 Å². The lowest BCUT2D eigenvalue weighted by Gasteiger charge is -2.26. The summed E-state index contributed by atoms with van der Waals surface area (Å²) in [4.78, 5) is 10.7. The van der Waals surface area contributed by atoms with Crippen LogP contribution < -0.4 is 0 Å². The molecule has 0 fully saturated rings. The van der Waals surface area contributed by atoms with Crippen molar-refractivity contribution in [3.63, 3.8) is 0 Å². The van der Waals surface area contributed by atoms with Gasteiger partial charge in [-0.3, -0.25) is 4.79 Å². The van der Waals surface area contributed by atoms with Crippen molar-refractivity contribution >= 4 is 28.6 Å². The van der Waals surface area contributed by atoms with Gasteiger partial charge in [0.25, 0.3) is 0 Å². The average molecular weight is 270 g/mol. The maximum Gasteiger partial charge on any atom is 0.309 e. The summed E-state index contributed by atoms with van der Waals surface area (Å²) in [5.41, 5.74) is -0.606. The molecular formula is C8H15IO2. The minimum absolute atomic E-state index is 0.0552. The first kappa shape index (κ1) is 11.2. The smallest absolute Gasteiger partial charge is 0.309 e. The second kappa shape index (κ2) is 3.29. The highest BCUT2D eigenvalue weighted by Gasteiger charge is 2.32. The molecule has 0 spiro atoms. The van der Waals surface area contributed by atoms with Crippen LogP contribution in [0.15, 0.2) is 0 Å². The van der Waals surface area contributed by atoms with Crippen molar-refractivity contribution < 1.29 is 9.90 Å². The molecule has 0 aliphatic rings. The van der Waals surface area contributed by atoms with E-state index in [1.807, 2.05) is 13.8 Å². The molecule has 2 nitrogen and oxygen atoms in total. The Morgan fingerprint density at radius 1 is 1.36 bits per heavy atom. The van der Waals surface area contributed by atoms with Gasteiger partial charge in [0.15, 0.2) is 0 Å². The minimum Gasteiger partial charge on any atom is -0.481 e. The fourth-order valence-electron chi connectivity index (χ4n) is 1.13. The summed E-state index contributed by atoms with van der Waals surface area (Å²) in [6.45, 7) is 7.60. The van der Waals surface area contributed by atoms with Crippen LogP contribution in [0.5, 0.6) is 0 Å². The van der Waals surface area contributed by atoms with Crippen molar-refractivity contribution in [2.24, 2.45) is 5.41 Å². The van der Waals surface area contributed by atoms with Gasteiger partial charge in [0.2, 0.25) is 0 Å². The molecule has 0 aliphatic heterocycles. The summed E-state index contributed by atoms with van der Waals surface area (Å²) in [5, 5.41) is 8.80. The zero-order chi connectivity index (χ0) is 9.28. The number of halogens is 1. The molecule has 66 valence electrons. The van der Waals surface area contributed by atoms with Crippen LogP contribution in [0.3, 0.4) is 0 Å². The normalized spacial score (nSPS) is 13.2. The lowest BCUT2D eigenvalue weighted by atomic mass is 9.84. The molecule has 0 amide bonds. The van der Waals surface area contributed by atoms with Gasteiger partial charge in [0.05, 0.1) is 5.41 Å². The lowest BCUT2D eigenvalue weighted by molar-refractivity contribution is -0.147. The van der Waals surface area contributed by atoms with Gasteiger partial charge in [0, 0.05) is 3.42 Å². The number of rotatable bonds is 3. The largest absolute Gasteiger partial charge is 0.481 e. The summed E-state index contributed by atoms with van der Waals surface area (Å²) in [5.74, 6) is -0.720. The number of aliphatic carboxylic acids is 1. The van der Waals surface area contributed by atoms with E-state index in [0.29, 0.717) is 6.42 Å². The van der Waals surface area contributed by atoms with Gasteiger partial charge in [-0.25, -0.2) is 0 Å². The Morgan fingerprint density at radius 2 is 1.73 bits per heavy atom. The van der Waals surface area contributed by atoms with E-state index in [-0.39, 0.29) is 3.42 Å². The molecular weight excluding hydrogens is 255 g/mol. The zero-order valence-electron chi connectivity index (χ0n) is 7.44. The molecule has 0 atom stereocenters. The van der Waals surface area contributed by atoms with Crippen LogP contribution in [-0.2, 0) is 4.79 Å². The highest BCUT2D eigenvalue weighted by Crippen LogP contribution is 2.33. The third kappa shape index (κ3) is 4.61. The number of hydrogen-bond acceptors (Lipinski definition) is 1. The number of carbonyl (C=O) groups is 1. The maximum atomic E-state index is 10.7. The molecule has 0 radical (unpaired) electrons. The summed E-state index contributed by atoms with van der Waals surface area (Å²) < 4.78 is 0.0552. The van der Waals surface area contributed by atoms with Crippen molar-refractivity contribution in [2.75, 3.05) is 0 Å². The summed E-state index contributed by atoms with van der Waals surface area (Å²) in [6, 6.07) is 0. The fraction of sp³-hybridized carbons (Fsp3) is 0.875. The van der Waals surface area contributed by atoms with Crippen LogP contribution in [0.25, 0.3) is 0 Å². The third-order valence-electron chi connectivity index (χ3n) is 1.44. The Labute approximate surface area is 81.5 Å². The van der Waals surface area contributed by atoms with Crippen molar-refractivity contribution in [3.05, 3.63) is 0 Å². The first-order chi connectivity index (χ1) is 4.65. The highest BCUT2D eigenvalue weighted by molar-refractivity contribution is 14.1. The van der Waals surface area contributed by atoms with Gasteiger partial charge in [-0.1, -0.05) is 36.4 Å². The molecule has 0 aliphatic carbocycles. The topological polar surface area (TPSA) is 37.3 Å². The van der Waals surface area contributed by atoms with E-state index in [0.717, 1.165) is 0 Å². The lowest BCUT2D eigenvalue weighted by Crippen LogP contribution is -2.30. The molecule has 0 aromatic heterocycles. The molecule has 0 saturated heterocycles. The van der Waals surface area contributed by atoms with Crippen LogP contribution in [0, 0.1) is 5.41 Å². The third-order valence-corrected chi connectivity index (χ3v) is 1.82. The van der Waals surface area contributed by atoms with E-state index in [1.54, 1.807) is 13.8 Å². The van der Waals surface area contributed by atoms with Crippen molar-refractivity contribution in [3.8, 4) is 0 Å². The number of carboxylic acid groups (broad SMARTS) is 1. The van der Waals surface area contributed by atoms with Gasteiger partial charge in [-0.05, 0) is 20.3 Å². The standard InChI is InChI=1S/C8H15IO2/c1-7(2,6(10)11)5-8(3,4)9/h5H2,1-4H3,(H,10,11). The highest BCUT2D eigenvalue weighted by atomic mass is 127. The van der Waals surface area contributed by atoms with Gasteiger partial charge in [-0.15, -0.1) is 0 Å². The Balaban J connectivity index is 4.25. The monoisotopic (exact) mass is 270 g/mol. The molecule has 11 heavy (non-hydrogen) atoms. The molecule has 0 heterocycles. The summed E-state index contributed by atoms with van der Waals surface area (Å²) in [7, 11) is 0. The summed E-state index contributed by atoms with van der Waals surface area (Å²) in [6.07, 6.45) is 0.690. The maximum absolute atomic E-state index is 10.7. The molecule has 0 rings (SSSR count). The van der Waals surface area contributed by atoms with Crippen LogP contribution >= 0.6 is 22.6 Å². The molecule has 1 N–H and O–H groups in total. The van der Waals surface area contributed by atoms with E-state index in [9.17, 15) is 4.79 Å². The molecule has 3 heteroatoms. The second-order valence-electron chi connectivity index (χ2n) is 4.08. The first-order valence-corrected chi connectivity index (χ1v) is 4.65. The SMILES string of the molecule is CC(C)(I)CC(C)(C)C(=O)O. The number of hydrogen-bond donors (Lipinski definition) is 1. The van der Waals surface area contributed by atoms with E-state index in [2.05, 4.69) is 22.6 Å². The van der Waals surface area contributed by atoms with Gasteiger partial charge >= 0.3 is 5.97 Å². The fourth-order valence-corrected chi connectivity index (χ4v) is 2.08. The molecule has 0 bridgehead atoms. The van der Waals surface area contributed by atoms with Crippen LogP contribution in [0.1, 0.15) is 34.1 Å². The van der Waals surface area contributed by atoms with E-state index in [1.165, 1.54) is 0 Å². The Hall–Kier alpha value is 0.200. The van der Waals surface area contributed by atoms with Crippen molar-refractivity contribution in [1.29, 1.82) is 0 Å². The van der Waals surface area contributed by atoms with Gasteiger partial charge in [0.1, 0.15) is 0 Å². The quantitative estimate of drug-likeness (QED) is 0.632. The molecule has 0 aromatic carbocycles. The molecule has 0 unspecified atom stereocenters. The average Bonchev–Trinajstić information content (AvgIpc) is 1.56. The molecule has 0 aromatic rings. The Bertz CT molecular complexity index is 156. The van der Waals surface area contributed by atoms with Crippen LogP contribution in [-0.4, -0.2) is 14.5 Å². The Kier molecular flexibility index (Phi) is 3.35. The van der Waals surface area contributed by atoms with E-state index in [4.69, 9.17) is 5.11 Å². The van der Waals surface area contributed by atoms with Gasteiger partial charge < -0.3 is 5.11 Å². The van der Waals surface area contributed by atoms with Crippen molar-refractivity contribution in [1.82, 2.24) is 0 Å². The van der Waals surface area contributed by atoms with Crippen LogP contribution in [0.4, 0.5) is 0 Å². The number of alkyl halides is 1. The first-order valence-electron chi connectivity index (χ1n) is 3.57. The number of carboxylic acids is 1. The predicted octanol–water partition coefficient (Wildman–Crippen LogP) is 2.70. The van der Waals surface area contributed by atoms with E-state index >= 15 is 0 Å². The van der Waals surface area contributed by atoms with Crippen LogP contribution in [0.2, 0.25) is 0 Å².